The van der Waals surface area contributed by atoms with Crippen molar-refractivity contribution in [2.45, 2.75) is 31.8 Å². The van der Waals surface area contributed by atoms with Crippen LogP contribution in [0, 0.1) is 6.92 Å². The molecule has 0 radical (unpaired) electrons. The third-order valence-electron chi connectivity index (χ3n) is 6.62. The summed E-state index contributed by atoms with van der Waals surface area (Å²) in [6.07, 6.45) is 0. The minimum Gasteiger partial charge on any atom is -0.341 e. The maximum absolute atomic E-state index is 13.6. The van der Waals surface area contributed by atoms with Gasteiger partial charge in [0.2, 0.25) is 15.9 Å². The molecule has 0 saturated heterocycles. The Morgan fingerprint density at radius 2 is 1.58 bits per heavy atom. The predicted octanol–water partition coefficient (Wildman–Crippen LogP) is 6.61. The number of amides is 1. The summed E-state index contributed by atoms with van der Waals surface area (Å²) in [5.74, 6) is -0.423. The summed E-state index contributed by atoms with van der Waals surface area (Å²) in [6, 6.07) is 27.5. The van der Waals surface area contributed by atoms with Crippen LogP contribution in [-0.2, 0) is 27.9 Å². The molecule has 1 N–H and O–H groups in total. The number of carbonyl (C=O) groups excluding carboxylic acids is 1. The van der Waals surface area contributed by atoms with Crippen LogP contribution in [0.1, 0.15) is 18.1 Å². The molecule has 0 fully saturated rings. The van der Waals surface area contributed by atoms with Gasteiger partial charge < -0.3 is 9.88 Å². The summed E-state index contributed by atoms with van der Waals surface area (Å²) in [4.78, 5) is 13.4. The van der Waals surface area contributed by atoms with Crippen LogP contribution < -0.4 is 5.32 Å². The van der Waals surface area contributed by atoms with E-state index in [4.69, 9.17) is 11.6 Å². The summed E-state index contributed by atoms with van der Waals surface area (Å²) >= 11 is 6.01. The fourth-order valence-electron chi connectivity index (χ4n) is 4.71. The fraction of sp³-hybridized carbons (Fsp3) is 0.167. The van der Waals surface area contributed by atoms with Crippen molar-refractivity contribution in [2.24, 2.45) is 0 Å². The molecule has 194 valence electrons. The Hall–Kier alpha value is -3.65. The van der Waals surface area contributed by atoms with E-state index in [2.05, 4.69) is 28.9 Å². The Labute approximate surface area is 227 Å². The van der Waals surface area contributed by atoms with Crippen LogP contribution in [-0.4, -0.2) is 29.7 Å². The van der Waals surface area contributed by atoms with E-state index in [0.717, 1.165) is 39.5 Å². The standard InChI is InChI=1S/C30H28ClN3O3S/c1-3-34-28-7-5-4-6-26(28)27-18-24(14-17-29(27)34)32-30(35)20-33(19-22-10-12-23(31)13-11-22)38(36,37)25-15-8-21(2)9-16-25/h4-18H,3,19-20H2,1-2H3,(H,32,35). The second-order valence-corrected chi connectivity index (χ2v) is 11.6. The summed E-state index contributed by atoms with van der Waals surface area (Å²) in [6.45, 7) is 4.51. The molecule has 0 aliphatic carbocycles. The summed E-state index contributed by atoms with van der Waals surface area (Å²) in [5, 5.41) is 5.60. The Balaban J connectivity index is 1.44. The molecule has 0 atom stereocenters. The fourth-order valence-corrected chi connectivity index (χ4v) is 6.22. The number of anilines is 1. The largest absolute Gasteiger partial charge is 0.341 e. The van der Waals surface area contributed by atoms with Gasteiger partial charge >= 0.3 is 0 Å². The van der Waals surface area contributed by atoms with Gasteiger partial charge in [-0.1, -0.05) is 59.6 Å². The highest BCUT2D eigenvalue weighted by Gasteiger charge is 2.27. The number of benzene rings is 4. The lowest BCUT2D eigenvalue weighted by Gasteiger charge is -2.22. The van der Waals surface area contributed by atoms with E-state index in [1.54, 1.807) is 48.5 Å². The van der Waals surface area contributed by atoms with Crippen LogP contribution in [0.2, 0.25) is 5.02 Å². The molecule has 5 rings (SSSR count). The van der Waals surface area contributed by atoms with Crippen LogP contribution in [0.4, 0.5) is 5.69 Å². The molecule has 0 bridgehead atoms. The first-order valence-corrected chi connectivity index (χ1v) is 14.2. The van der Waals surface area contributed by atoms with Gasteiger partial charge in [-0.15, -0.1) is 0 Å². The molecule has 8 heteroatoms. The van der Waals surface area contributed by atoms with Gasteiger partial charge in [0, 0.05) is 45.6 Å². The third kappa shape index (κ3) is 5.18. The molecular formula is C30H28ClN3O3S. The molecule has 0 spiro atoms. The number of carbonyl (C=O) groups is 1. The number of halogens is 1. The number of hydrogen-bond donors (Lipinski definition) is 1. The number of para-hydroxylation sites is 1. The Morgan fingerprint density at radius 3 is 2.29 bits per heavy atom. The highest BCUT2D eigenvalue weighted by atomic mass is 35.5. The van der Waals surface area contributed by atoms with E-state index in [-0.39, 0.29) is 18.0 Å². The van der Waals surface area contributed by atoms with Crippen molar-refractivity contribution >= 4 is 55.0 Å². The number of hydrogen-bond acceptors (Lipinski definition) is 3. The van der Waals surface area contributed by atoms with Gasteiger partial charge in [0.15, 0.2) is 0 Å². The first-order valence-electron chi connectivity index (χ1n) is 12.4. The van der Waals surface area contributed by atoms with Crippen molar-refractivity contribution < 1.29 is 13.2 Å². The number of nitrogens with zero attached hydrogens (tertiary/aromatic N) is 2. The highest BCUT2D eigenvalue weighted by molar-refractivity contribution is 7.89. The highest BCUT2D eigenvalue weighted by Crippen LogP contribution is 2.31. The number of sulfonamides is 1. The average molecular weight is 546 g/mol. The van der Waals surface area contributed by atoms with Crippen LogP contribution in [0.25, 0.3) is 21.8 Å². The number of aromatic nitrogens is 1. The molecule has 1 heterocycles. The molecule has 0 aliphatic rings. The van der Waals surface area contributed by atoms with E-state index in [1.807, 2.05) is 37.3 Å². The van der Waals surface area contributed by atoms with Gasteiger partial charge in [-0.2, -0.15) is 4.31 Å². The number of aryl methyl sites for hydroxylation is 2. The minimum atomic E-state index is -3.94. The Kier molecular flexibility index (Phi) is 7.25. The summed E-state index contributed by atoms with van der Waals surface area (Å²) in [5.41, 5.74) is 4.50. The van der Waals surface area contributed by atoms with Crippen molar-refractivity contribution in [3.05, 3.63) is 107 Å². The average Bonchev–Trinajstić information content (AvgIpc) is 3.22. The molecule has 5 aromatic rings. The van der Waals surface area contributed by atoms with Crippen LogP contribution in [0.5, 0.6) is 0 Å². The maximum Gasteiger partial charge on any atom is 0.243 e. The Morgan fingerprint density at radius 1 is 0.895 bits per heavy atom. The lowest BCUT2D eigenvalue weighted by Crippen LogP contribution is -2.37. The summed E-state index contributed by atoms with van der Waals surface area (Å²) < 4.78 is 30.6. The van der Waals surface area contributed by atoms with Crippen molar-refractivity contribution in [2.75, 3.05) is 11.9 Å². The van der Waals surface area contributed by atoms with Gasteiger partial charge in [-0.3, -0.25) is 4.79 Å². The molecule has 6 nitrogen and oxygen atoms in total. The normalized spacial score (nSPS) is 11.9. The van der Waals surface area contributed by atoms with Crippen molar-refractivity contribution in [1.29, 1.82) is 0 Å². The zero-order chi connectivity index (χ0) is 26.9. The third-order valence-corrected chi connectivity index (χ3v) is 8.68. The van der Waals surface area contributed by atoms with Gasteiger partial charge in [-0.05, 0) is 67.9 Å². The van der Waals surface area contributed by atoms with Crippen LogP contribution >= 0.6 is 11.6 Å². The molecule has 1 aromatic heterocycles. The van der Waals surface area contributed by atoms with E-state index in [1.165, 1.54) is 4.31 Å². The van der Waals surface area contributed by atoms with Crippen molar-refractivity contribution in [3.63, 3.8) is 0 Å². The smallest absolute Gasteiger partial charge is 0.243 e. The van der Waals surface area contributed by atoms with Crippen LogP contribution in [0.15, 0.2) is 95.9 Å². The second-order valence-electron chi connectivity index (χ2n) is 9.25. The second kappa shape index (κ2) is 10.6. The Bertz CT molecular complexity index is 1730. The lowest BCUT2D eigenvalue weighted by molar-refractivity contribution is -0.116. The molecule has 0 aliphatic heterocycles. The molecule has 1 amide bonds. The zero-order valence-corrected chi connectivity index (χ0v) is 22.8. The molecule has 0 saturated carbocycles. The van der Waals surface area contributed by atoms with E-state index < -0.39 is 15.9 Å². The predicted molar refractivity (Wildman–Crippen MR) is 154 cm³/mol. The van der Waals surface area contributed by atoms with Gasteiger partial charge in [0.25, 0.3) is 0 Å². The van der Waals surface area contributed by atoms with Crippen LogP contribution in [0.3, 0.4) is 0 Å². The van der Waals surface area contributed by atoms with E-state index in [0.29, 0.717) is 10.7 Å². The van der Waals surface area contributed by atoms with Gasteiger partial charge in [-0.25, -0.2) is 8.42 Å². The van der Waals surface area contributed by atoms with Gasteiger partial charge in [0.05, 0.1) is 11.4 Å². The SMILES string of the molecule is CCn1c2ccccc2c2cc(NC(=O)CN(Cc3ccc(Cl)cc3)S(=O)(=O)c3ccc(C)cc3)ccc21. The first kappa shape index (κ1) is 26.0. The van der Waals surface area contributed by atoms with Crippen molar-refractivity contribution in [1.82, 2.24) is 8.87 Å². The number of fused-ring (bicyclic) bond motifs is 3. The van der Waals surface area contributed by atoms with E-state index >= 15 is 0 Å². The topological polar surface area (TPSA) is 71.4 Å². The maximum atomic E-state index is 13.6. The number of rotatable bonds is 8. The molecular weight excluding hydrogens is 518 g/mol. The lowest BCUT2D eigenvalue weighted by atomic mass is 10.1. The van der Waals surface area contributed by atoms with E-state index in [9.17, 15) is 13.2 Å². The molecule has 38 heavy (non-hydrogen) atoms. The summed E-state index contributed by atoms with van der Waals surface area (Å²) in [7, 11) is -3.94. The molecule has 0 unspecified atom stereocenters. The number of nitrogens with one attached hydrogen (secondary N) is 1. The monoisotopic (exact) mass is 545 g/mol. The van der Waals surface area contributed by atoms with Crippen molar-refractivity contribution in [3.8, 4) is 0 Å². The first-order chi connectivity index (χ1) is 18.3. The zero-order valence-electron chi connectivity index (χ0n) is 21.2. The van der Waals surface area contributed by atoms with Gasteiger partial charge in [0.1, 0.15) is 0 Å². The quantitative estimate of drug-likeness (QED) is 0.238. The minimum absolute atomic E-state index is 0.0316. The molecule has 4 aromatic carbocycles.